The molecule has 3 aromatic rings. The minimum atomic E-state index is -1.28. The number of carbonyl (C=O) groups is 3. The number of ether oxygens (including phenoxy) is 8. The van der Waals surface area contributed by atoms with Crippen molar-refractivity contribution in [3.05, 3.63) is 108 Å². The molecule has 2 fully saturated rings. The van der Waals surface area contributed by atoms with E-state index in [1.54, 1.807) is 19.1 Å². The van der Waals surface area contributed by atoms with E-state index < -0.39 is 61.1 Å². The summed E-state index contributed by atoms with van der Waals surface area (Å²) in [6, 6.07) is 26.9. The SMILES string of the molecule is COC(=O)[C@@H](NC(=O)OCc1ccccc1)[C@@H](C)O[C@@H]1O[C@H](COCc2ccccc2)[C@@H](OCc2ccccc2)[C@@H]2OC(=O)O[C@@H]12. The Morgan fingerprint density at radius 2 is 1.37 bits per heavy atom. The van der Waals surface area contributed by atoms with Crippen molar-refractivity contribution < 1.29 is 52.3 Å². The summed E-state index contributed by atoms with van der Waals surface area (Å²) in [5, 5.41) is 2.50. The van der Waals surface area contributed by atoms with Crippen LogP contribution in [-0.4, -0.2) is 74.8 Å². The lowest BCUT2D eigenvalue weighted by Gasteiger charge is -2.41. The van der Waals surface area contributed by atoms with Gasteiger partial charge in [0, 0.05) is 0 Å². The van der Waals surface area contributed by atoms with E-state index in [1.807, 2.05) is 78.9 Å². The molecular formula is C34H37NO11. The maximum Gasteiger partial charge on any atom is 0.509 e. The van der Waals surface area contributed by atoms with Gasteiger partial charge in [0.05, 0.1) is 33.0 Å². The highest BCUT2D eigenvalue weighted by atomic mass is 16.8. The molecule has 5 rings (SSSR count). The van der Waals surface area contributed by atoms with Crippen molar-refractivity contribution in [2.75, 3.05) is 13.7 Å². The molecule has 0 unspecified atom stereocenters. The summed E-state index contributed by atoms with van der Waals surface area (Å²) in [5.41, 5.74) is 2.64. The molecule has 1 N–H and O–H groups in total. The highest BCUT2D eigenvalue weighted by Gasteiger charge is 2.56. The fourth-order valence-corrected chi connectivity index (χ4v) is 5.14. The standard InChI is InChI=1S/C34H37NO11/c1-22(27(31(36)39-2)35-33(37)42-20-25-16-10-5-11-17-25)43-32-30-29(45-34(38)46-30)28(41-19-24-14-8-4-9-15-24)26(44-32)21-40-18-23-12-6-3-7-13-23/h3-17,22,26-30,32H,18-21H2,1-2H3,(H,35,37)/t22-,26-,27+,28-,29+,30-,32-/m1/s1. The lowest BCUT2D eigenvalue weighted by Crippen LogP contribution is -2.60. The Morgan fingerprint density at radius 1 is 0.804 bits per heavy atom. The van der Waals surface area contributed by atoms with Gasteiger partial charge in [-0.25, -0.2) is 14.4 Å². The molecule has 12 nitrogen and oxygen atoms in total. The van der Waals surface area contributed by atoms with Gasteiger partial charge in [0.1, 0.15) is 18.8 Å². The van der Waals surface area contributed by atoms with Crippen LogP contribution in [0.15, 0.2) is 91.0 Å². The molecule has 1 amide bonds. The summed E-state index contributed by atoms with van der Waals surface area (Å²) >= 11 is 0. The Kier molecular flexibility index (Phi) is 11.6. The molecule has 0 radical (unpaired) electrons. The molecule has 7 atom stereocenters. The molecule has 2 aliphatic heterocycles. The number of benzene rings is 3. The molecule has 2 heterocycles. The summed E-state index contributed by atoms with van der Waals surface area (Å²) in [6.07, 6.45) is -7.47. The normalized spacial score (nSPS) is 23.3. The molecule has 2 saturated heterocycles. The molecule has 0 bridgehead atoms. The minimum absolute atomic E-state index is 0.00633. The Labute approximate surface area is 266 Å². The van der Waals surface area contributed by atoms with E-state index in [1.165, 1.54) is 7.11 Å². The zero-order valence-electron chi connectivity index (χ0n) is 25.5. The third kappa shape index (κ3) is 8.82. The first-order chi connectivity index (χ1) is 22.4. The monoisotopic (exact) mass is 635 g/mol. The highest BCUT2D eigenvalue weighted by molar-refractivity contribution is 5.81. The van der Waals surface area contributed by atoms with Gasteiger partial charge in [-0.1, -0.05) is 91.0 Å². The number of rotatable bonds is 14. The van der Waals surface area contributed by atoms with Gasteiger partial charge in [-0.05, 0) is 23.6 Å². The van der Waals surface area contributed by atoms with Crippen LogP contribution in [0.25, 0.3) is 0 Å². The second-order valence-electron chi connectivity index (χ2n) is 10.8. The van der Waals surface area contributed by atoms with Gasteiger partial charge in [0.25, 0.3) is 0 Å². The summed E-state index contributed by atoms with van der Waals surface area (Å²) < 4.78 is 45.9. The summed E-state index contributed by atoms with van der Waals surface area (Å²) in [4.78, 5) is 37.8. The fourth-order valence-electron chi connectivity index (χ4n) is 5.14. The number of esters is 1. The average molecular weight is 636 g/mol. The molecular weight excluding hydrogens is 598 g/mol. The van der Waals surface area contributed by atoms with Gasteiger partial charge in [-0.2, -0.15) is 0 Å². The average Bonchev–Trinajstić information content (AvgIpc) is 3.48. The van der Waals surface area contributed by atoms with Crippen LogP contribution < -0.4 is 5.32 Å². The van der Waals surface area contributed by atoms with Gasteiger partial charge in [0.2, 0.25) is 0 Å². The maximum absolute atomic E-state index is 12.7. The van der Waals surface area contributed by atoms with E-state index >= 15 is 0 Å². The van der Waals surface area contributed by atoms with Crippen LogP contribution in [-0.2, 0) is 62.5 Å². The van der Waals surface area contributed by atoms with E-state index in [9.17, 15) is 14.4 Å². The van der Waals surface area contributed by atoms with Crippen molar-refractivity contribution >= 4 is 18.2 Å². The Hall–Kier alpha value is -4.49. The smallest absolute Gasteiger partial charge is 0.467 e. The Bertz CT molecular complexity index is 1410. The predicted molar refractivity (Wildman–Crippen MR) is 161 cm³/mol. The van der Waals surface area contributed by atoms with Crippen molar-refractivity contribution in [2.45, 2.75) is 69.6 Å². The van der Waals surface area contributed by atoms with Crippen LogP contribution in [0, 0.1) is 0 Å². The Morgan fingerprint density at radius 3 is 1.98 bits per heavy atom. The van der Waals surface area contributed by atoms with E-state index in [0.717, 1.165) is 16.7 Å². The maximum atomic E-state index is 12.7. The first-order valence-corrected chi connectivity index (χ1v) is 14.9. The van der Waals surface area contributed by atoms with Gasteiger partial charge < -0.3 is 43.2 Å². The molecule has 2 aliphatic rings. The summed E-state index contributed by atoms with van der Waals surface area (Å²) in [6.45, 7) is 2.12. The number of nitrogens with one attached hydrogen (secondary N) is 1. The Balaban J connectivity index is 1.29. The number of hydrogen-bond donors (Lipinski definition) is 1. The topological polar surface area (TPSA) is 137 Å². The molecule has 46 heavy (non-hydrogen) atoms. The van der Waals surface area contributed by atoms with Gasteiger partial charge in [-0.15, -0.1) is 0 Å². The predicted octanol–water partition coefficient (Wildman–Crippen LogP) is 4.29. The van der Waals surface area contributed by atoms with Crippen LogP contribution in [0.3, 0.4) is 0 Å². The number of alkyl carbamates (subject to hydrolysis) is 1. The van der Waals surface area contributed by atoms with Crippen LogP contribution in [0.5, 0.6) is 0 Å². The number of fused-ring (bicyclic) bond motifs is 1. The number of amides is 1. The first-order valence-electron chi connectivity index (χ1n) is 14.9. The molecule has 0 aliphatic carbocycles. The van der Waals surface area contributed by atoms with Crippen LogP contribution >= 0.6 is 0 Å². The van der Waals surface area contributed by atoms with E-state index in [0.29, 0.717) is 6.61 Å². The highest BCUT2D eigenvalue weighted by Crippen LogP contribution is 2.34. The van der Waals surface area contributed by atoms with E-state index in [4.69, 9.17) is 37.9 Å². The zero-order valence-corrected chi connectivity index (χ0v) is 25.5. The first kappa shape index (κ1) is 32.9. The lowest BCUT2D eigenvalue weighted by molar-refractivity contribution is -0.300. The zero-order chi connectivity index (χ0) is 32.3. The number of hydrogen-bond acceptors (Lipinski definition) is 11. The quantitative estimate of drug-likeness (QED) is 0.201. The van der Waals surface area contributed by atoms with Crippen molar-refractivity contribution in [1.29, 1.82) is 0 Å². The third-order valence-electron chi connectivity index (χ3n) is 7.49. The van der Waals surface area contributed by atoms with Crippen molar-refractivity contribution in [1.82, 2.24) is 5.32 Å². The molecule has 0 aromatic heterocycles. The van der Waals surface area contributed by atoms with Crippen LogP contribution in [0.4, 0.5) is 9.59 Å². The van der Waals surface area contributed by atoms with Crippen LogP contribution in [0.2, 0.25) is 0 Å². The summed E-state index contributed by atoms with van der Waals surface area (Å²) in [5.74, 6) is -0.775. The molecule has 0 saturated carbocycles. The van der Waals surface area contributed by atoms with E-state index in [-0.39, 0.29) is 19.8 Å². The van der Waals surface area contributed by atoms with E-state index in [2.05, 4.69) is 5.32 Å². The van der Waals surface area contributed by atoms with Crippen molar-refractivity contribution in [2.24, 2.45) is 0 Å². The molecule has 3 aromatic carbocycles. The number of carbonyl (C=O) groups excluding carboxylic acids is 3. The fraction of sp³-hybridized carbons (Fsp3) is 0.382. The van der Waals surface area contributed by atoms with Crippen LogP contribution in [0.1, 0.15) is 23.6 Å². The second-order valence-corrected chi connectivity index (χ2v) is 10.8. The van der Waals surface area contributed by atoms with Gasteiger partial charge >= 0.3 is 18.2 Å². The van der Waals surface area contributed by atoms with Crippen molar-refractivity contribution in [3.8, 4) is 0 Å². The summed E-state index contributed by atoms with van der Waals surface area (Å²) in [7, 11) is 1.19. The second kappa shape index (κ2) is 16.2. The number of methoxy groups -OCH3 is 1. The van der Waals surface area contributed by atoms with Crippen molar-refractivity contribution in [3.63, 3.8) is 0 Å². The molecule has 12 heteroatoms. The minimum Gasteiger partial charge on any atom is -0.467 e. The lowest BCUT2D eigenvalue weighted by atomic mass is 9.98. The molecule has 244 valence electrons. The molecule has 0 spiro atoms. The largest absolute Gasteiger partial charge is 0.509 e. The van der Waals surface area contributed by atoms with Gasteiger partial charge in [-0.3, -0.25) is 0 Å². The van der Waals surface area contributed by atoms with Gasteiger partial charge in [0.15, 0.2) is 24.5 Å². The third-order valence-corrected chi connectivity index (χ3v) is 7.49.